The van der Waals surface area contributed by atoms with Gasteiger partial charge in [0.05, 0.1) is 11.0 Å². The van der Waals surface area contributed by atoms with Crippen molar-refractivity contribution in [3.8, 4) is 39.9 Å². The highest BCUT2D eigenvalue weighted by molar-refractivity contribution is 7.30. The molecule has 0 spiro atoms. The van der Waals surface area contributed by atoms with E-state index in [2.05, 4.69) is 120 Å². The quantitative estimate of drug-likeness (QED) is 0.185. The Morgan fingerprint density at radius 3 is 1.78 bits per heavy atom. The molecule has 0 saturated carbocycles. The number of fused-ring (bicyclic) bond motifs is 12. The lowest BCUT2D eigenvalue weighted by Gasteiger charge is -2.12. The van der Waals surface area contributed by atoms with Gasteiger partial charge in [0.2, 0.25) is 5.95 Å². The lowest BCUT2D eigenvalue weighted by Crippen LogP contribution is -2.06. The number of nitrogens with zero attached hydrogens (tertiary/aromatic N) is 5. The summed E-state index contributed by atoms with van der Waals surface area (Å²) in [5.74, 6) is 1.84. The first-order chi connectivity index (χ1) is 25.3. The van der Waals surface area contributed by atoms with Gasteiger partial charge >= 0.3 is 0 Å². The van der Waals surface area contributed by atoms with Gasteiger partial charge in [0.25, 0.3) is 0 Å². The van der Waals surface area contributed by atoms with E-state index in [1.807, 2.05) is 47.9 Å². The number of rotatable bonds is 4. The lowest BCUT2D eigenvalue weighted by molar-refractivity contribution is 0.955. The van der Waals surface area contributed by atoms with E-state index in [1.54, 1.807) is 11.3 Å². The summed E-state index contributed by atoms with van der Waals surface area (Å²) in [6.45, 7) is 0. The van der Waals surface area contributed by atoms with Gasteiger partial charge in [-0.1, -0.05) is 121 Å². The van der Waals surface area contributed by atoms with Crippen molar-refractivity contribution in [1.29, 1.82) is 0 Å². The number of hydrogen-bond acceptors (Lipinski definition) is 6. The number of pyridine rings is 1. The number of aromatic nitrogens is 5. The molecule has 0 fully saturated rings. The molecule has 0 radical (unpaired) electrons. The Hall–Kier alpha value is -6.28. The summed E-state index contributed by atoms with van der Waals surface area (Å²) < 4.78 is 6.05. The predicted octanol–water partition coefficient (Wildman–Crippen LogP) is 12.1. The van der Waals surface area contributed by atoms with Crippen molar-refractivity contribution in [1.82, 2.24) is 24.5 Å². The molecule has 11 aromatic rings. The molecule has 0 amide bonds. The van der Waals surface area contributed by atoms with Crippen molar-refractivity contribution in [2.75, 3.05) is 0 Å². The SMILES string of the molecule is c1ccc(-c2ccc(-c3nc(-c4ccccc4)nc(-n4c5ccccc5c5c6sc7ccccc7c6c6sc7ncccc7c6c54)n3)cc2)cc1. The van der Waals surface area contributed by atoms with Crippen LogP contribution in [0.1, 0.15) is 0 Å². The Kier molecular flexibility index (Phi) is 6.22. The van der Waals surface area contributed by atoms with E-state index in [-0.39, 0.29) is 0 Å². The smallest absolute Gasteiger partial charge is 0.238 e. The Morgan fingerprint density at radius 2 is 1.00 bits per heavy atom. The fourth-order valence-electron chi connectivity index (χ4n) is 7.46. The molecular weight excluding hydrogens is 663 g/mol. The zero-order chi connectivity index (χ0) is 33.5. The first kappa shape index (κ1) is 28.5. The average Bonchev–Trinajstić information content (AvgIpc) is 3.88. The molecule has 0 atom stereocenters. The summed E-state index contributed by atoms with van der Waals surface area (Å²) in [5.41, 5.74) is 6.33. The summed E-state index contributed by atoms with van der Waals surface area (Å²) in [5, 5.41) is 7.28. The first-order valence-corrected chi connectivity index (χ1v) is 18.4. The molecule has 0 N–H and O–H groups in total. The van der Waals surface area contributed by atoms with Crippen LogP contribution in [0.5, 0.6) is 0 Å². The molecule has 0 aliphatic rings. The molecule has 0 saturated heterocycles. The third kappa shape index (κ3) is 4.32. The van der Waals surface area contributed by atoms with Crippen LogP contribution >= 0.6 is 22.7 Å². The molecule has 5 aromatic heterocycles. The highest BCUT2D eigenvalue weighted by Gasteiger charge is 2.26. The zero-order valence-electron chi connectivity index (χ0n) is 27.0. The van der Waals surface area contributed by atoms with E-state index < -0.39 is 0 Å². The molecule has 5 nitrogen and oxygen atoms in total. The summed E-state index contributed by atoms with van der Waals surface area (Å²) in [6.07, 6.45) is 1.89. The average molecular weight is 688 g/mol. The fourth-order valence-corrected chi connectivity index (χ4v) is 10.0. The molecule has 0 bridgehead atoms. The van der Waals surface area contributed by atoms with Crippen LogP contribution in [0.15, 0.2) is 152 Å². The third-order valence-corrected chi connectivity index (χ3v) is 12.1. The largest absolute Gasteiger partial charge is 0.277 e. The minimum Gasteiger partial charge on any atom is -0.277 e. The molecular formula is C44H25N5S2. The van der Waals surface area contributed by atoms with Crippen LogP contribution in [-0.2, 0) is 0 Å². The number of para-hydroxylation sites is 1. The van der Waals surface area contributed by atoms with Crippen LogP contribution in [0.2, 0.25) is 0 Å². The first-order valence-electron chi connectivity index (χ1n) is 16.8. The van der Waals surface area contributed by atoms with E-state index >= 15 is 0 Å². The minimum absolute atomic E-state index is 0.585. The maximum absolute atomic E-state index is 5.30. The van der Waals surface area contributed by atoms with Crippen molar-refractivity contribution in [2.45, 2.75) is 0 Å². The normalized spacial score (nSPS) is 11.9. The van der Waals surface area contributed by atoms with Crippen LogP contribution in [0.4, 0.5) is 0 Å². The Balaban J connectivity index is 1.28. The summed E-state index contributed by atoms with van der Waals surface area (Å²) >= 11 is 3.63. The second-order valence-corrected chi connectivity index (χ2v) is 14.7. The Morgan fingerprint density at radius 1 is 0.431 bits per heavy atom. The standard InChI is InChI=1S/C44H25N5S2/c1-3-12-26(13-4-1)27-21-23-29(24-22-27)42-46-41(28-14-5-2-6-15-28)47-44(48-42)49-33-19-9-7-16-30(33)35-38(49)36-32-18-11-25-45-43(32)51-40(36)37-31-17-8-10-20-34(31)50-39(35)37/h1-25H. The van der Waals surface area contributed by atoms with Crippen LogP contribution in [0, 0.1) is 0 Å². The van der Waals surface area contributed by atoms with E-state index in [1.165, 1.54) is 46.6 Å². The predicted molar refractivity (Wildman–Crippen MR) is 214 cm³/mol. The topological polar surface area (TPSA) is 56.5 Å². The van der Waals surface area contributed by atoms with Crippen LogP contribution < -0.4 is 0 Å². The van der Waals surface area contributed by atoms with Crippen molar-refractivity contribution in [2.24, 2.45) is 0 Å². The highest BCUT2D eigenvalue weighted by Crippen LogP contribution is 2.51. The van der Waals surface area contributed by atoms with Crippen molar-refractivity contribution < 1.29 is 0 Å². The summed E-state index contributed by atoms with van der Waals surface area (Å²) in [4.78, 5) is 21.5. The van der Waals surface area contributed by atoms with Gasteiger partial charge in [0.15, 0.2) is 11.6 Å². The Bertz CT molecular complexity index is 3090. The van der Waals surface area contributed by atoms with Crippen LogP contribution in [0.25, 0.3) is 102 Å². The molecule has 0 aliphatic heterocycles. The van der Waals surface area contributed by atoms with Crippen LogP contribution in [-0.4, -0.2) is 24.5 Å². The van der Waals surface area contributed by atoms with E-state index in [0.29, 0.717) is 17.6 Å². The molecule has 0 unspecified atom stereocenters. The van der Waals surface area contributed by atoms with Crippen molar-refractivity contribution in [3.63, 3.8) is 0 Å². The van der Waals surface area contributed by atoms with Gasteiger partial charge in [-0.05, 0) is 35.4 Å². The van der Waals surface area contributed by atoms with E-state index in [0.717, 1.165) is 37.9 Å². The molecule has 6 aromatic carbocycles. The van der Waals surface area contributed by atoms with Crippen LogP contribution in [0.3, 0.4) is 0 Å². The third-order valence-electron chi connectivity index (χ3n) is 9.73. The zero-order valence-corrected chi connectivity index (χ0v) is 28.6. The van der Waals surface area contributed by atoms with Gasteiger partial charge in [0, 0.05) is 63.7 Å². The number of benzene rings is 6. The van der Waals surface area contributed by atoms with Crippen molar-refractivity contribution >= 4 is 85.0 Å². The van der Waals surface area contributed by atoms with Gasteiger partial charge in [0.1, 0.15) is 4.83 Å². The van der Waals surface area contributed by atoms with Crippen molar-refractivity contribution in [3.05, 3.63) is 152 Å². The Labute approximate surface area is 299 Å². The highest BCUT2D eigenvalue weighted by atomic mass is 32.1. The molecule has 238 valence electrons. The molecule has 7 heteroatoms. The van der Waals surface area contributed by atoms with Gasteiger partial charge in [-0.15, -0.1) is 22.7 Å². The molecule has 5 heterocycles. The second-order valence-electron chi connectivity index (χ2n) is 12.6. The van der Waals surface area contributed by atoms with Gasteiger partial charge in [-0.3, -0.25) is 4.57 Å². The second kappa shape index (κ2) is 11.1. The maximum atomic E-state index is 5.30. The molecule has 11 rings (SSSR count). The van der Waals surface area contributed by atoms with Gasteiger partial charge < -0.3 is 0 Å². The molecule has 51 heavy (non-hydrogen) atoms. The van der Waals surface area contributed by atoms with Gasteiger partial charge in [-0.2, -0.15) is 9.97 Å². The van der Waals surface area contributed by atoms with Gasteiger partial charge in [-0.25, -0.2) is 9.97 Å². The number of thiophene rings is 2. The summed E-state index contributed by atoms with van der Waals surface area (Å²) in [7, 11) is 0. The maximum Gasteiger partial charge on any atom is 0.238 e. The summed E-state index contributed by atoms with van der Waals surface area (Å²) in [6, 6.07) is 50.8. The molecule has 0 aliphatic carbocycles. The van der Waals surface area contributed by atoms with E-state index in [9.17, 15) is 0 Å². The number of hydrogen-bond donors (Lipinski definition) is 0. The fraction of sp³-hybridized carbons (Fsp3) is 0. The lowest BCUT2D eigenvalue weighted by atomic mass is 10.0. The minimum atomic E-state index is 0.585. The van der Waals surface area contributed by atoms with E-state index in [4.69, 9.17) is 19.9 Å². The monoisotopic (exact) mass is 687 g/mol.